The normalized spacial score (nSPS) is 13.0. The zero-order valence-corrected chi connectivity index (χ0v) is 12.2. The molecule has 3 N–H and O–H groups in total. The van der Waals surface area contributed by atoms with Gasteiger partial charge in [-0.25, -0.2) is 0 Å². The highest BCUT2D eigenvalue weighted by atomic mass is 16.2. The largest absolute Gasteiger partial charge is 0.355 e. The van der Waals surface area contributed by atoms with E-state index >= 15 is 0 Å². The van der Waals surface area contributed by atoms with Crippen molar-refractivity contribution in [2.45, 2.75) is 33.6 Å². The van der Waals surface area contributed by atoms with Gasteiger partial charge in [-0.1, -0.05) is 20.8 Å². The van der Waals surface area contributed by atoms with Gasteiger partial charge in [-0.05, 0) is 11.8 Å². The van der Waals surface area contributed by atoms with Crippen molar-refractivity contribution in [3.05, 3.63) is 0 Å². The van der Waals surface area contributed by atoms with E-state index in [-0.39, 0.29) is 23.1 Å². The number of amides is 2. The van der Waals surface area contributed by atoms with Crippen molar-refractivity contribution in [2.75, 3.05) is 27.2 Å². The lowest BCUT2D eigenvalue weighted by Gasteiger charge is -2.24. The molecule has 0 radical (unpaired) electrons. The van der Waals surface area contributed by atoms with E-state index in [1.807, 2.05) is 0 Å². The number of rotatable bonds is 6. The zero-order valence-electron chi connectivity index (χ0n) is 12.2. The molecule has 0 saturated heterocycles. The zero-order chi connectivity index (χ0) is 14.3. The lowest BCUT2D eigenvalue weighted by Crippen LogP contribution is -2.38. The Kier molecular flexibility index (Phi) is 6.91. The van der Waals surface area contributed by atoms with Crippen LogP contribution in [0.15, 0.2) is 0 Å². The molecule has 106 valence electrons. The van der Waals surface area contributed by atoms with E-state index in [0.717, 1.165) is 6.42 Å². The van der Waals surface area contributed by atoms with Gasteiger partial charge < -0.3 is 16.0 Å². The van der Waals surface area contributed by atoms with Crippen LogP contribution in [-0.2, 0) is 9.59 Å². The first kappa shape index (κ1) is 16.9. The molecule has 18 heavy (non-hydrogen) atoms. The Balaban J connectivity index is 4.10. The lowest BCUT2D eigenvalue weighted by molar-refractivity contribution is -0.129. The first-order chi connectivity index (χ1) is 8.17. The molecule has 0 rings (SSSR count). The van der Waals surface area contributed by atoms with Crippen LogP contribution in [0.2, 0.25) is 0 Å². The summed E-state index contributed by atoms with van der Waals surface area (Å²) in [6.45, 7) is 6.96. The average molecular weight is 257 g/mol. The van der Waals surface area contributed by atoms with E-state index < -0.39 is 0 Å². The van der Waals surface area contributed by atoms with Gasteiger partial charge >= 0.3 is 0 Å². The molecule has 2 amide bonds. The molecule has 0 aromatic carbocycles. The second-order valence-electron chi connectivity index (χ2n) is 6.03. The number of carbonyl (C=O) groups is 2. The third-order valence-electron chi connectivity index (χ3n) is 2.65. The first-order valence-electron chi connectivity index (χ1n) is 6.35. The van der Waals surface area contributed by atoms with Crippen molar-refractivity contribution in [3.63, 3.8) is 0 Å². The van der Waals surface area contributed by atoms with Crippen molar-refractivity contribution in [1.82, 2.24) is 10.2 Å². The average Bonchev–Trinajstić information content (AvgIpc) is 2.23. The van der Waals surface area contributed by atoms with Gasteiger partial charge in [0.05, 0.1) is 5.92 Å². The Hall–Kier alpha value is -1.10. The predicted octanol–water partition coefficient (Wildman–Crippen LogP) is 0.592. The number of carbonyl (C=O) groups excluding carboxylic acids is 2. The summed E-state index contributed by atoms with van der Waals surface area (Å²) in [5.41, 5.74) is 5.69. The Morgan fingerprint density at radius 2 is 1.83 bits per heavy atom. The fraction of sp³-hybridized carbons (Fsp3) is 0.846. The minimum atomic E-state index is -0.181. The second-order valence-corrected chi connectivity index (χ2v) is 6.03. The van der Waals surface area contributed by atoms with Gasteiger partial charge in [0.15, 0.2) is 0 Å². The molecule has 0 aliphatic rings. The number of nitrogens with one attached hydrogen (secondary N) is 1. The van der Waals surface area contributed by atoms with Gasteiger partial charge in [0.2, 0.25) is 11.8 Å². The van der Waals surface area contributed by atoms with Crippen molar-refractivity contribution in [3.8, 4) is 0 Å². The molecule has 5 nitrogen and oxygen atoms in total. The number of hydrogen-bond acceptors (Lipinski definition) is 3. The second kappa shape index (κ2) is 7.36. The molecule has 0 aromatic rings. The smallest absolute Gasteiger partial charge is 0.224 e. The summed E-state index contributed by atoms with van der Waals surface area (Å²) >= 11 is 0. The molecule has 0 bridgehead atoms. The topological polar surface area (TPSA) is 75.4 Å². The predicted molar refractivity (Wildman–Crippen MR) is 72.9 cm³/mol. The van der Waals surface area contributed by atoms with Crippen LogP contribution < -0.4 is 11.1 Å². The Morgan fingerprint density at radius 3 is 2.22 bits per heavy atom. The highest BCUT2D eigenvalue weighted by Gasteiger charge is 2.23. The summed E-state index contributed by atoms with van der Waals surface area (Å²) < 4.78 is 0. The van der Waals surface area contributed by atoms with E-state index in [4.69, 9.17) is 5.73 Å². The molecular formula is C13H27N3O2. The van der Waals surface area contributed by atoms with Crippen molar-refractivity contribution >= 4 is 11.8 Å². The van der Waals surface area contributed by atoms with Crippen molar-refractivity contribution in [1.29, 1.82) is 0 Å². The molecule has 1 atom stereocenters. The van der Waals surface area contributed by atoms with Gasteiger partial charge in [0, 0.05) is 33.6 Å². The number of nitrogens with two attached hydrogens (primary N) is 1. The van der Waals surface area contributed by atoms with Crippen LogP contribution in [-0.4, -0.2) is 43.9 Å². The minimum absolute atomic E-state index is 0.00965. The molecule has 0 aliphatic carbocycles. The summed E-state index contributed by atoms with van der Waals surface area (Å²) in [7, 11) is 3.40. The van der Waals surface area contributed by atoms with Crippen molar-refractivity contribution < 1.29 is 9.59 Å². The van der Waals surface area contributed by atoms with Crippen LogP contribution in [0.5, 0.6) is 0 Å². The summed E-state index contributed by atoms with van der Waals surface area (Å²) in [4.78, 5) is 24.7. The molecule has 0 aromatic heterocycles. The van der Waals surface area contributed by atoms with E-state index in [1.165, 1.54) is 4.90 Å². The van der Waals surface area contributed by atoms with Crippen LogP contribution in [0.1, 0.15) is 33.6 Å². The van der Waals surface area contributed by atoms with E-state index in [9.17, 15) is 9.59 Å². The van der Waals surface area contributed by atoms with Crippen LogP contribution in [0, 0.1) is 11.3 Å². The third-order valence-corrected chi connectivity index (χ3v) is 2.65. The van der Waals surface area contributed by atoms with Crippen LogP contribution in [0.4, 0.5) is 0 Å². The van der Waals surface area contributed by atoms with Gasteiger partial charge in [-0.3, -0.25) is 9.59 Å². The molecule has 0 spiro atoms. The van der Waals surface area contributed by atoms with Gasteiger partial charge in [-0.2, -0.15) is 0 Å². The quantitative estimate of drug-likeness (QED) is 0.731. The monoisotopic (exact) mass is 257 g/mol. The highest BCUT2D eigenvalue weighted by Crippen LogP contribution is 2.23. The minimum Gasteiger partial charge on any atom is -0.355 e. The fourth-order valence-corrected chi connectivity index (χ4v) is 1.68. The van der Waals surface area contributed by atoms with E-state index in [2.05, 4.69) is 26.1 Å². The SMILES string of the molecule is CN(C)C(=O)CCNC(=O)C(CN)CC(C)(C)C. The maximum Gasteiger partial charge on any atom is 0.224 e. The molecule has 5 heteroatoms. The Bertz CT molecular complexity index is 282. The van der Waals surface area contributed by atoms with Crippen LogP contribution in [0.3, 0.4) is 0 Å². The summed E-state index contributed by atoms with van der Waals surface area (Å²) in [5.74, 6) is -0.228. The Labute approximate surface area is 110 Å². The Morgan fingerprint density at radius 1 is 1.28 bits per heavy atom. The van der Waals surface area contributed by atoms with Crippen LogP contribution in [0.25, 0.3) is 0 Å². The van der Waals surface area contributed by atoms with Crippen molar-refractivity contribution in [2.24, 2.45) is 17.1 Å². The van der Waals surface area contributed by atoms with E-state index in [0.29, 0.717) is 19.5 Å². The summed E-state index contributed by atoms with van der Waals surface area (Å²) in [6, 6.07) is 0. The van der Waals surface area contributed by atoms with Gasteiger partial charge in [-0.15, -0.1) is 0 Å². The maximum absolute atomic E-state index is 11.9. The molecule has 0 fully saturated rings. The van der Waals surface area contributed by atoms with Gasteiger partial charge in [0.25, 0.3) is 0 Å². The number of hydrogen-bond donors (Lipinski definition) is 2. The highest BCUT2D eigenvalue weighted by molar-refractivity contribution is 5.80. The lowest BCUT2D eigenvalue weighted by atomic mass is 9.84. The maximum atomic E-state index is 11.9. The molecule has 1 unspecified atom stereocenters. The van der Waals surface area contributed by atoms with Crippen LogP contribution >= 0.6 is 0 Å². The third kappa shape index (κ3) is 7.27. The fourth-order valence-electron chi connectivity index (χ4n) is 1.68. The van der Waals surface area contributed by atoms with E-state index in [1.54, 1.807) is 14.1 Å². The number of nitrogens with zero attached hydrogens (tertiary/aromatic N) is 1. The molecule has 0 saturated carbocycles. The standard InChI is InChI=1S/C13H27N3O2/c1-13(2,3)8-10(9-14)12(18)15-7-6-11(17)16(4)5/h10H,6-9,14H2,1-5H3,(H,15,18). The summed E-state index contributed by atoms with van der Waals surface area (Å²) in [6.07, 6.45) is 1.07. The van der Waals surface area contributed by atoms with Gasteiger partial charge in [0.1, 0.15) is 0 Å². The summed E-state index contributed by atoms with van der Waals surface area (Å²) in [5, 5.41) is 2.78. The molecular weight excluding hydrogens is 230 g/mol. The molecule has 0 heterocycles. The molecule has 0 aliphatic heterocycles. The first-order valence-corrected chi connectivity index (χ1v) is 6.35.